The number of rotatable bonds is 5. The van der Waals surface area contributed by atoms with Gasteiger partial charge >= 0.3 is 5.97 Å². The van der Waals surface area contributed by atoms with Crippen LogP contribution in [0.2, 0.25) is 0 Å². The SMILES string of the molecule is COC(=O)/C=C/C(=O)Nc1cccc(-c2ccc(C(N)=O)c3[nH]ccc23)c1. The second-order valence-electron chi connectivity index (χ2n) is 5.72. The number of nitrogens with one attached hydrogen (secondary N) is 2. The Hall–Kier alpha value is -3.87. The van der Waals surface area contributed by atoms with Crippen molar-refractivity contribution in [3.05, 3.63) is 66.4 Å². The van der Waals surface area contributed by atoms with E-state index in [0.29, 0.717) is 16.8 Å². The molecule has 4 N–H and O–H groups in total. The van der Waals surface area contributed by atoms with E-state index in [1.54, 1.807) is 30.5 Å². The maximum Gasteiger partial charge on any atom is 0.330 e. The van der Waals surface area contributed by atoms with Crippen molar-refractivity contribution in [2.45, 2.75) is 0 Å². The average Bonchev–Trinajstić information content (AvgIpc) is 3.15. The van der Waals surface area contributed by atoms with Crippen LogP contribution >= 0.6 is 0 Å². The number of H-pyrrole nitrogens is 1. The van der Waals surface area contributed by atoms with Crippen molar-refractivity contribution in [3.63, 3.8) is 0 Å². The first kappa shape index (κ1) is 17.9. The molecule has 0 fully saturated rings. The molecule has 136 valence electrons. The molecule has 27 heavy (non-hydrogen) atoms. The number of benzene rings is 2. The zero-order valence-corrected chi connectivity index (χ0v) is 14.5. The molecule has 0 aliphatic carbocycles. The number of hydrogen-bond acceptors (Lipinski definition) is 4. The summed E-state index contributed by atoms with van der Waals surface area (Å²) in [5.41, 5.74) is 8.80. The van der Waals surface area contributed by atoms with Gasteiger partial charge in [-0.3, -0.25) is 9.59 Å². The Morgan fingerprint density at radius 1 is 1.11 bits per heavy atom. The van der Waals surface area contributed by atoms with Crippen LogP contribution in [-0.4, -0.2) is 29.9 Å². The second-order valence-corrected chi connectivity index (χ2v) is 5.72. The first-order valence-corrected chi connectivity index (χ1v) is 8.07. The van der Waals surface area contributed by atoms with Crippen molar-refractivity contribution in [2.24, 2.45) is 5.73 Å². The molecule has 3 rings (SSSR count). The molecular weight excluding hydrogens is 346 g/mol. The molecule has 7 heteroatoms. The normalized spacial score (nSPS) is 10.9. The molecule has 2 amide bonds. The van der Waals surface area contributed by atoms with Crippen molar-refractivity contribution >= 4 is 34.4 Å². The summed E-state index contributed by atoms with van der Waals surface area (Å²) in [5, 5.41) is 3.54. The van der Waals surface area contributed by atoms with E-state index >= 15 is 0 Å². The van der Waals surface area contributed by atoms with Gasteiger partial charge in [0.1, 0.15) is 0 Å². The van der Waals surface area contributed by atoms with E-state index in [9.17, 15) is 14.4 Å². The highest BCUT2D eigenvalue weighted by Gasteiger charge is 2.12. The van der Waals surface area contributed by atoms with Gasteiger partial charge in [-0.05, 0) is 35.4 Å². The first-order chi connectivity index (χ1) is 13.0. The molecule has 0 atom stereocenters. The van der Waals surface area contributed by atoms with Gasteiger partial charge in [-0.25, -0.2) is 4.79 Å². The van der Waals surface area contributed by atoms with Gasteiger partial charge in [0, 0.05) is 29.4 Å². The molecule has 0 bridgehead atoms. The molecule has 2 aromatic carbocycles. The van der Waals surface area contributed by atoms with Gasteiger partial charge in [0.05, 0.1) is 18.2 Å². The quantitative estimate of drug-likeness (QED) is 0.477. The number of anilines is 1. The Kier molecular flexibility index (Phi) is 5.03. The lowest BCUT2D eigenvalue weighted by Gasteiger charge is -2.09. The number of aromatic amines is 1. The van der Waals surface area contributed by atoms with Gasteiger partial charge in [-0.2, -0.15) is 0 Å². The fourth-order valence-electron chi connectivity index (χ4n) is 2.77. The Balaban J connectivity index is 1.91. The van der Waals surface area contributed by atoms with E-state index in [4.69, 9.17) is 5.73 Å². The van der Waals surface area contributed by atoms with E-state index in [1.165, 1.54) is 7.11 Å². The van der Waals surface area contributed by atoms with Crippen LogP contribution in [0.1, 0.15) is 10.4 Å². The van der Waals surface area contributed by atoms with Crippen molar-refractivity contribution < 1.29 is 19.1 Å². The van der Waals surface area contributed by atoms with E-state index in [0.717, 1.165) is 28.7 Å². The monoisotopic (exact) mass is 363 g/mol. The highest BCUT2D eigenvalue weighted by Crippen LogP contribution is 2.31. The van der Waals surface area contributed by atoms with E-state index in [2.05, 4.69) is 15.0 Å². The predicted molar refractivity (Wildman–Crippen MR) is 102 cm³/mol. The maximum atomic E-state index is 11.9. The molecule has 0 radical (unpaired) electrons. The second kappa shape index (κ2) is 7.57. The third-order valence-electron chi connectivity index (χ3n) is 4.00. The Bertz CT molecular complexity index is 1070. The minimum atomic E-state index is -0.608. The fourth-order valence-corrected chi connectivity index (χ4v) is 2.77. The summed E-state index contributed by atoms with van der Waals surface area (Å²) in [4.78, 5) is 37.6. The molecule has 1 heterocycles. The summed E-state index contributed by atoms with van der Waals surface area (Å²) in [6.07, 6.45) is 3.89. The minimum absolute atomic E-state index is 0.413. The molecule has 0 aliphatic rings. The lowest BCUT2D eigenvalue weighted by Crippen LogP contribution is -2.11. The largest absolute Gasteiger partial charge is 0.466 e. The zero-order chi connectivity index (χ0) is 19.4. The summed E-state index contributed by atoms with van der Waals surface area (Å²) in [5.74, 6) is -1.57. The van der Waals surface area contributed by atoms with Crippen LogP contribution in [0.15, 0.2) is 60.8 Å². The molecular formula is C20H17N3O4. The number of ether oxygens (including phenoxy) is 1. The summed E-state index contributed by atoms with van der Waals surface area (Å²) in [6.45, 7) is 0. The number of hydrogen-bond donors (Lipinski definition) is 3. The van der Waals surface area contributed by atoms with E-state index in [-0.39, 0.29) is 0 Å². The van der Waals surface area contributed by atoms with Gasteiger partial charge in [0.15, 0.2) is 0 Å². The molecule has 1 aromatic heterocycles. The van der Waals surface area contributed by atoms with Crippen LogP contribution in [0, 0.1) is 0 Å². The minimum Gasteiger partial charge on any atom is -0.466 e. The lowest BCUT2D eigenvalue weighted by molar-refractivity contribution is -0.135. The molecule has 0 saturated carbocycles. The average molecular weight is 363 g/mol. The van der Waals surface area contributed by atoms with Gasteiger partial charge in [-0.15, -0.1) is 0 Å². The number of esters is 1. The lowest BCUT2D eigenvalue weighted by atomic mass is 9.98. The van der Waals surface area contributed by atoms with Crippen LogP contribution in [0.25, 0.3) is 22.0 Å². The number of methoxy groups -OCH3 is 1. The fraction of sp³-hybridized carbons (Fsp3) is 0.0500. The van der Waals surface area contributed by atoms with Crippen LogP contribution in [-0.2, 0) is 14.3 Å². The molecule has 0 aliphatic heterocycles. The van der Waals surface area contributed by atoms with Gasteiger partial charge in [0.2, 0.25) is 5.91 Å². The van der Waals surface area contributed by atoms with Crippen molar-refractivity contribution in [2.75, 3.05) is 12.4 Å². The highest BCUT2D eigenvalue weighted by atomic mass is 16.5. The highest BCUT2D eigenvalue weighted by molar-refractivity contribution is 6.09. The molecule has 0 spiro atoms. The molecule has 0 unspecified atom stereocenters. The Morgan fingerprint density at radius 3 is 2.67 bits per heavy atom. The first-order valence-electron chi connectivity index (χ1n) is 8.07. The van der Waals surface area contributed by atoms with E-state index < -0.39 is 17.8 Å². The van der Waals surface area contributed by atoms with Crippen LogP contribution in [0.4, 0.5) is 5.69 Å². The third kappa shape index (κ3) is 3.87. The van der Waals surface area contributed by atoms with Gasteiger partial charge < -0.3 is 20.8 Å². The third-order valence-corrected chi connectivity index (χ3v) is 4.00. The molecule has 7 nitrogen and oxygen atoms in total. The summed E-state index contributed by atoms with van der Waals surface area (Å²) in [7, 11) is 1.24. The van der Waals surface area contributed by atoms with Crippen LogP contribution < -0.4 is 11.1 Å². The predicted octanol–water partition coefficient (Wildman–Crippen LogP) is 2.60. The summed E-state index contributed by atoms with van der Waals surface area (Å²) in [6, 6.07) is 12.6. The number of amides is 2. The summed E-state index contributed by atoms with van der Waals surface area (Å²) >= 11 is 0. The number of nitrogens with two attached hydrogens (primary N) is 1. The van der Waals surface area contributed by atoms with Gasteiger partial charge in [0.25, 0.3) is 5.91 Å². The number of fused-ring (bicyclic) bond motifs is 1. The Labute approximate surface area is 154 Å². The van der Waals surface area contributed by atoms with E-state index in [1.807, 2.05) is 18.2 Å². The van der Waals surface area contributed by atoms with Crippen LogP contribution in [0.5, 0.6) is 0 Å². The smallest absolute Gasteiger partial charge is 0.330 e. The van der Waals surface area contributed by atoms with Crippen molar-refractivity contribution in [1.82, 2.24) is 4.98 Å². The molecule has 3 aromatic rings. The Morgan fingerprint density at radius 2 is 1.93 bits per heavy atom. The van der Waals surface area contributed by atoms with Crippen molar-refractivity contribution in [3.8, 4) is 11.1 Å². The molecule has 0 saturated heterocycles. The number of aromatic nitrogens is 1. The van der Waals surface area contributed by atoms with Crippen molar-refractivity contribution in [1.29, 1.82) is 0 Å². The standard InChI is InChI=1S/C20H17N3O4/c1-27-18(25)8-7-17(24)23-13-4-2-3-12(11-13)14-5-6-16(20(21)26)19-15(14)9-10-22-19/h2-11,22H,1H3,(H2,21,26)(H,23,24)/b8-7+. The number of carbonyl (C=O) groups is 3. The number of carbonyl (C=O) groups excluding carboxylic acids is 3. The van der Waals surface area contributed by atoms with Crippen LogP contribution in [0.3, 0.4) is 0 Å². The number of primary amides is 1. The topological polar surface area (TPSA) is 114 Å². The zero-order valence-electron chi connectivity index (χ0n) is 14.5. The van der Waals surface area contributed by atoms with Gasteiger partial charge in [-0.1, -0.05) is 18.2 Å². The maximum absolute atomic E-state index is 11.9. The summed E-state index contributed by atoms with van der Waals surface area (Å²) < 4.78 is 4.45.